The van der Waals surface area contributed by atoms with Gasteiger partial charge in [-0.2, -0.15) is 0 Å². The van der Waals surface area contributed by atoms with Gasteiger partial charge in [0.25, 0.3) is 0 Å². The molecule has 0 aromatic rings. The van der Waals surface area contributed by atoms with Gasteiger partial charge in [0.2, 0.25) is 0 Å². The van der Waals surface area contributed by atoms with Gasteiger partial charge in [0.15, 0.2) is 6.79 Å². The van der Waals surface area contributed by atoms with Crippen LogP contribution in [0.3, 0.4) is 0 Å². The number of phosphoric ester groups is 1. The van der Waals surface area contributed by atoms with Gasteiger partial charge >= 0.3 is 13.8 Å². The van der Waals surface area contributed by atoms with Gasteiger partial charge in [0.05, 0.1) is 25.6 Å². The minimum atomic E-state index is -4.20. The van der Waals surface area contributed by atoms with E-state index >= 15 is 0 Å². The zero-order chi connectivity index (χ0) is 16.3. The van der Waals surface area contributed by atoms with Crippen LogP contribution < -0.4 is 0 Å². The molecule has 0 rings (SSSR count). The molecule has 21 heavy (non-hydrogen) atoms. The van der Waals surface area contributed by atoms with Gasteiger partial charge < -0.3 is 19.1 Å². The van der Waals surface area contributed by atoms with Crippen molar-refractivity contribution in [2.24, 2.45) is 0 Å². The summed E-state index contributed by atoms with van der Waals surface area (Å²) in [5.74, 6) is -0.102. The number of esters is 1. The Labute approximate surface area is 123 Å². The van der Waals surface area contributed by atoms with Gasteiger partial charge in [-0.1, -0.05) is 13.2 Å². The van der Waals surface area contributed by atoms with Crippen molar-refractivity contribution in [3.63, 3.8) is 0 Å². The lowest BCUT2D eigenvalue weighted by Gasteiger charge is -2.12. The van der Waals surface area contributed by atoms with Crippen LogP contribution in [0.1, 0.15) is 13.8 Å². The topological polar surface area (TPSA) is 101 Å². The van der Waals surface area contributed by atoms with E-state index in [1.165, 1.54) is 6.92 Å². The highest BCUT2D eigenvalue weighted by molar-refractivity contribution is 7.47. The van der Waals surface area contributed by atoms with Crippen LogP contribution in [0.2, 0.25) is 0 Å². The van der Waals surface area contributed by atoms with Crippen LogP contribution in [-0.4, -0.2) is 44.1 Å². The molecule has 1 N–H and O–H groups in total. The lowest BCUT2D eigenvalue weighted by atomic mass is 10.4. The molecule has 1 unspecified atom stereocenters. The number of rotatable bonds is 12. The molecule has 0 saturated heterocycles. The molecule has 1 atom stereocenters. The van der Waals surface area contributed by atoms with E-state index in [0.29, 0.717) is 5.76 Å². The fourth-order valence-corrected chi connectivity index (χ4v) is 1.55. The molecule has 9 heteroatoms. The first-order valence-corrected chi connectivity index (χ1v) is 7.54. The molecule has 0 aliphatic rings. The quantitative estimate of drug-likeness (QED) is 0.145. The fraction of sp³-hybridized carbons (Fsp3) is 0.583. The van der Waals surface area contributed by atoms with E-state index in [4.69, 9.17) is 9.47 Å². The van der Waals surface area contributed by atoms with E-state index in [2.05, 4.69) is 26.9 Å². The number of hydrogen-bond donors (Lipinski definition) is 1. The molecule has 0 spiro atoms. The molecule has 0 radical (unpaired) electrons. The second-order valence-corrected chi connectivity index (χ2v) is 5.38. The molecule has 0 heterocycles. The maximum atomic E-state index is 11.4. The van der Waals surface area contributed by atoms with Gasteiger partial charge in [-0.3, -0.25) is 9.05 Å². The molecule has 0 aromatic carbocycles. The molecule has 122 valence electrons. The van der Waals surface area contributed by atoms with Gasteiger partial charge in [-0.25, -0.2) is 9.36 Å². The maximum Gasteiger partial charge on any atom is 0.472 e. The SMILES string of the molecule is C=C(C)OCOCCOP(=O)(O)OCCOC(=O)C(=C)C. The van der Waals surface area contributed by atoms with Gasteiger partial charge in [-0.05, 0) is 13.8 Å². The lowest BCUT2D eigenvalue weighted by molar-refractivity contribution is -0.139. The van der Waals surface area contributed by atoms with Gasteiger partial charge in [0, 0.05) is 5.57 Å². The molecule has 0 bridgehead atoms. The molecule has 0 aromatic heterocycles. The number of carbonyl (C=O) groups excluding carboxylic acids is 1. The average molecular weight is 324 g/mol. The molecular formula is C12H21O8P. The fourth-order valence-electron chi connectivity index (χ4n) is 0.860. The van der Waals surface area contributed by atoms with Crippen molar-refractivity contribution in [3.8, 4) is 0 Å². The number of hydrogen-bond acceptors (Lipinski definition) is 7. The summed E-state index contributed by atoms with van der Waals surface area (Å²) < 4.78 is 35.1. The molecule has 0 fully saturated rings. The lowest BCUT2D eigenvalue weighted by Crippen LogP contribution is -2.11. The molecular weight excluding hydrogens is 303 g/mol. The molecule has 0 saturated carbocycles. The van der Waals surface area contributed by atoms with Crippen molar-refractivity contribution >= 4 is 13.8 Å². The Morgan fingerprint density at radius 2 is 1.62 bits per heavy atom. The Hall–Kier alpha value is -1.18. The first kappa shape index (κ1) is 19.8. The summed E-state index contributed by atoms with van der Waals surface area (Å²) in [5.41, 5.74) is 0.229. The minimum Gasteiger partial charge on any atom is -0.473 e. The first-order valence-electron chi connectivity index (χ1n) is 6.05. The Kier molecular flexibility index (Phi) is 9.94. The van der Waals surface area contributed by atoms with E-state index in [1.807, 2.05) is 0 Å². The van der Waals surface area contributed by atoms with Gasteiger partial charge in [-0.15, -0.1) is 0 Å². The monoisotopic (exact) mass is 324 g/mol. The third-order valence-electron chi connectivity index (χ3n) is 1.79. The van der Waals surface area contributed by atoms with E-state index in [9.17, 15) is 14.3 Å². The molecule has 0 amide bonds. The highest BCUT2D eigenvalue weighted by Gasteiger charge is 2.20. The smallest absolute Gasteiger partial charge is 0.472 e. The zero-order valence-electron chi connectivity index (χ0n) is 12.2. The van der Waals surface area contributed by atoms with Crippen LogP contribution in [0.5, 0.6) is 0 Å². The van der Waals surface area contributed by atoms with E-state index < -0.39 is 13.8 Å². The summed E-state index contributed by atoms with van der Waals surface area (Å²) in [5, 5.41) is 0. The van der Waals surface area contributed by atoms with Crippen LogP contribution in [0.25, 0.3) is 0 Å². The maximum absolute atomic E-state index is 11.4. The third-order valence-corrected chi connectivity index (χ3v) is 2.81. The minimum absolute atomic E-state index is 0.0217. The zero-order valence-corrected chi connectivity index (χ0v) is 13.1. The third kappa shape index (κ3) is 12.3. The van der Waals surface area contributed by atoms with E-state index in [0.717, 1.165) is 0 Å². The Morgan fingerprint density at radius 1 is 1.05 bits per heavy atom. The largest absolute Gasteiger partial charge is 0.473 e. The van der Waals surface area contributed by atoms with Crippen molar-refractivity contribution in [2.45, 2.75) is 13.8 Å². The van der Waals surface area contributed by atoms with Crippen molar-refractivity contribution in [3.05, 3.63) is 24.5 Å². The molecule has 8 nitrogen and oxygen atoms in total. The van der Waals surface area contributed by atoms with Crippen molar-refractivity contribution in [1.29, 1.82) is 0 Å². The van der Waals surface area contributed by atoms with Crippen LogP contribution >= 0.6 is 7.82 Å². The van der Waals surface area contributed by atoms with Gasteiger partial charge in [0.1, 0.15) is 6.61 Å². The van der Waals surface area contributed by atoms with Crippen LogP contribution in [0.4, 0.5) is 0 Å². The summed E-state index contributed by atoms with van der Waals surface area (Å²) in [4.78, 5) is 20.3. The summed E-state index contributed by atoms with van der Waals surface area (Å²) in [6.45, 7) is 9.45. The Balaban J connectivity index is 3.65. The molecule has 0 aliphatic carbocycles. The summed E-state index contributed by atoms with van der Waals surface area (Å²) in [7, 11) is -4.20. The second-order valence-electron chi connectivity index (χ2n) is 3.92. The number of ether oxygens (including phenoxy) is 3. The average Bonchev–Trinajstić information content (AvgIpc) is 2.38. The Morgan fingerprint density at radius 3 is 2.14 bits per heavy atom. The van der Waals surface area contributed by atoms with Crippen molar-refractivity contribution in [2.75, 3.05) is 33.2 Å². The van der Waals surface area contributed by atoms with Crippen LogP contribution in [-0.2, 0) is 32.6 Å². The van der Waals surface area contributed by atoms with Crippen molar-refractivity contribution < 1.29 is 37.5 Å². The van der Waals surface area contributed by atoms with E-state index in [1.54, 1.807) is 6.92 Å². The molecule has 0 aliphatic heterocycles. The number of allylic oxidation sites excluding steroid dienone is 1. The summed E-state index contributed by atoms with van der Waals surface area (Å²) in [6.07, 6.45) is 0. The summed E-state index contributed by atoms with van der Waals surface area (Å²) >= 11 is 0. The summed E-state index contributed by atoms with van der Waals surface area (Å²) in [6, 6.07) is 0. The highest BCUT2D eigenvalue weighted by atomic mass is 31.2. The first-order chi connectivity index (χ1) is 9.74. The predicted molar refractivity (Wildman–Crippen MR) is 74.2 cm³/mol. The number of carbonyl (C=O) groups is 1. The van der Waals surface area contributed by atoms with Crippen LogP contribution in [0.15, 0.2) is 24.5 Å². The normalized spacial score (nSPS) is 13.3. The second kappa shape index (κ2) is 10.5. The number of phosphoric acid groups is 1. The standard InChI is InChI=1S/C12H21O8P/c1-10(2)12(13)17-6-8-20-21(14,15)19-7-5-16-9-18-11(3)4/h1,3,5-9H2,2,4H3,(H,14,15). The van der Waals surface area contributed by atoms with Crippen LogP contribution in [0, 0.1) is 0 Å². The highest BCUT2D eigenvalue weighted by Crippen LogP contribution is 2.42. The predicted octanol–water partition coefficient (Wildman–Crippen LogP) is 1.76. The van der Waals surface area contributed by atoms with E-state index in [-0.39, 0.29) is 38.8 Å². The van der Waals surface area contributed by atoms with Crippen molar-refractivity contribution in [1.82, 2.24) is 0 Å². The Bertz CT molecular complexity index is 406.